The first-order valence-electron chi connectivity index (χ1n) is 11.3. The lowest BCUT2D eigenvalue weighted by Gasteiger charge is -2.23. The molecule has 0 fully saturated rings. The summed E-state index contributed by atoms with van der Waals surface area (Å²) in [7, 11) is 0. The molecule has 0 atom stereocenters. The largest absolute Gasteiger partial charge is 0.490 e. The molecule has 188 valence electrons. The fraction of sp³-hybridized carbons (Fsp3) is 0.320. The van der Waals surface area contributed by atoms with Crippen LogP contribution in [0.15, 0.2) is 46.9 Å². The number of anilines is 1. The van der Waals surface area contributed by atoms with E-state index in [1.807, 2.05) is 24.3 Å². The number of para-hydroxylation sites is 1. The molecule has 3 aromatic rings. The van der Waals surface area contributed by atoms with Crippen molar-refractivity contribution in [2.24, 2.45) is 0 Å². The molecule has 0 radical (unpaired) electrons. The third-order valence-corrected chi connectivity index (χ3v) is 5.84. The molecule has 1 aliphatic rings. The number of hydrogen-bond acceptors (Lipinski definition) is 8. The van der Waals surface area contributed by atoms with Crippen molar-refractivity contribution in [3.05, 3.63) is 70.4 Å². The smallest absolute Gasteiger partial charge is 0.302 e. The van der Waals surface area contributed by atoms with E-state index in [2.05, 4.69) is 10.2 Å². The minimum absolute atomic E-state index is 0.100. The van der Waals surface area contributed by atoms with Crippen molar-refractivity contribution in [1.82, 2.24) is 15.1 Å². The number of aryl methyl sites for hydroxylation is 1. The van der Waals surface area contributed by atoms with E-state index in [1.54, 1.807) is 24.0 Å². The minimum atomic E-state index is -0.401. The quantitative estimate of drug-likeness (QED) is 0.334. The molecule has 2 amide bonds. The molecule has 11 heteroatoms. The number of carbonyl (C=O) groups excluding carboxylic acids is 3. The summed E-state index contributed by atoms with van der Waals surface area (Å²) in [6.07, 6.45) is 0.410. The van der Waals surface area contributed by atoms with Crippen molar-refractivity contribution >= 4 is 35.1 Å². The molecule has 0 aliphatic carbocycles. The zero-order chi connectivity index (χ0) is 25.7. The molecular weight excluding hydrogens is 488 g/mol. The Morgan fingerprint density at radius 2 is 1.92 bits per heavy atom. The van der Waals surface area contributed by atoms with E-state index in [0.29, 0.717) is 42.7 Å². The average Bonchev–Trinajstić information content (AvgIpc) is 3.21. The fourth-order valence-electron chi connectivity index (χ4n) is 3.83. The monoisotopic (exact) mass is 512 g/mol. The normalized spacial score (nSPS) is 13.2. The Labute approximate surface area is 212 Å². The van der Waals surface area contributed by atoms with Crippen LogP contribution in [-0.4, -0.2) is 59.2 Å². The van der Waals surface area contributed by atoms with Crippen LogP contribution in [0.5, 0.6) is 5.75 Å². The number of fused-ring (bicyclic) bond motifs is 1. The molecule has 0 bridgehead atoms. The van der Waals surface area contributed by atoms with Crippen LogP contribution >= 0.6 is 11.6 Å². The number of hydrogen-bond donors (Lipinski definition) is 0. The van der Waals surface area contributed by atoms with Gasteiger partial charge in [-0.2, -0.15) is 0 Å². The second-order valence-electron chi connectivity index (χ2n) is 8.13. The van der Waals surface area contributed by atoms with Gasteiger partial charge in [0.05, 0.1) is 10.6 Å². The van der Waals surface area contributed by atoms with Crippen molar-refractivity contribution in [2.75, 3.05) is 31.2 Å². The highest BCUT2D eigenvalue weighted by atomic mass is 35.5. The molecule has 0 saturated heterocycles. The van der Waals surface area contributed by atoms with Crippen LogP contribution in [-0.2, 0) is 27.3 Å². The van der Waals surface area contributed by atoms with Crippen molar-refractivity contribution in [3.8, 4) is 5.75 Å². The van der Waals surface area contributed by atoms with Gasteiger partial charge in [-0.3, -0.25) is 19.3 Å². The average molecular weight is 513 g/mol. The molecule has 0 N–H and O–H groups in total. The fourth-order valence-corrected chi connectivity index (χ4v) is 4.08. The molecule has 2 heterocycles. The Morgan fingerprint density at radius 1 is 1.11 bits per heavy atom. The van der Waals surface area contributed by atoms with E-state index in [-0.39, 0.29) is 36.3 Å². The van der Waals surface area contributed by atoms with Gasteiger partial charge in [0.25, 0.3) is 5.91 Å². The minimum Gasteiger partial charge on any atom is -0.490 e. The van der Waals surface area contributed by atoms with Gasteiger partial charge in [0.1, 0.15) is 25.5 Å². The van der Waals surface area contributed by atoms with E-state index < -0.39 is 11.9 Å². The number of ether oxygens (including phenoxy) is 2. The van der Waals surface area contributed by atoms with Gasteiger partial charge in [0, 0.05) is 39.0 Å². The third-order valence-electron chi connectivity index (χ3n) is 5.53. The molecule has 36 heavy (non-hydrogen) atoms. The highest BCUT2D eigenvalue weighted by Gasteiger charge is 2.30. The van der Waals surface area contributed by atoms with Gasteiger partial charge in [0.2, 0.25) is 17.7 Å². The third kappa shape index (κ3) is 6.01. The Morgan fingerprint density at radius 3 is 2.64 bits per heavy atom. The zero-order valence-electron chi connectivity index (χ0n) is 19.9. The number of nitrogens with zero attached hydrogens (tertiary/aromatic N) is 4. The van der Waals surface area contributed by atoms with Crippen molar-refractivity contribution in [3.63, 3.8) is 0 Å². The lowest BCUT2D eigenvalue weighted by molar-refractivity contribution is -0.141. The Hall–Kier alpha value is -3.92. The maximum absolute atomic E-state index is 13.6. The summed E-state index contributed by atoms with van der Waals surface area (Å²) in [5.41, 5.74) is 1.71. The lowest BCUT2D eigenvalue weighted by Crippen LogP contribution is -2.41. The summed E-state index contributed by atoms with van der Waals surface area (Å²) < 4.78 is 15.8. The number of benzene rings is 2. The van der Waals surface area contributed by atoms with Gasteiger partial charge >= 0.3 is 5.97 Å². The number of aromatic nitrogens is 2. The van der Waals surface area contributed by atoms with Gasteiger partial charge in [-0.25, -0.2) is 0 Å². The molecule has 2 aromatic carbocycles. The van der Waals surface area contributed by atoms with Crippen LogP contribution in [0, 0.1) is 6.92 Å². The Kier molecular flexibility index (Phi) is 7.84. The number of amides is 2. The highest BCUT2D eigenvalue weighted by molar-refractivity contribution is 6.34. The number of carbonyl (C=O) groups is 3. The summed E-state index contributed by atoms with van der Waals surface area (Å²) >= 11 is 6.43. The SMILES string of the molecule is CC(=O)OCCOc1ccc(C(=O)N2CC(=O)N(CCc3nnc(C)o3)Cc3ccccc32)c(Cl)c1. The van der Waals surface area contributed by atoms with Gasteiger partial charge in [-0.05, 0) is 29.8 Å². The van der Waals surface area contributed by atoms with Gasteiger partial charge in [0.15, 0.2) is 0 Å². The molecule has 1 aromatic heterocycles. The maximum Gasteiger partial charge on any atom is 0.302 e. The maximum atomic E-state index is 13.6. The second-order valence-corrected chi connectivity index (χ2v) is 8.54. The van der Waals surface area contributed by atoms with E-state index in [4.69, 9.17) is 25.5 Å². The predicted octanol–water partition coefficient (Wildman–Crippen LogP) is 3.21. The number of rotatable bonds is 8. The predicted molar refractivity (Wildman–Crippen MR) is 130 cm³/mol. The van der Waals surface area contributed by atoms with Crippen LogP contribution in [0.1, 0.15) is 34.6 Å². The lowest BCUT2D eigenvalue weighted by atomic mass is 10.1. The van der Waals surface area contributed by atoms with Crippen molar-refractivity contribution in [1.29, 1.82) is 0 Å². The summed E-state index contributed by atoms with van der Waals surface area (Å²) in [4.78, 5) is 40.7. The van der Waals surface area contributed by atoms with Crippen molar-refractivity contribution in [2.45, 2.75) is 26.8 Å². The van der Waals surface area contributed by atoms with Crippen LogP contribution in [0.2, 0.25) is 5.02 Å². The molecule has 4 rings (SSSR count). The van der Waals surface area contributed by atoms with Crippen molar-refractivity contribution < 1.29 is 28.3 Å². The first-order chi connectivity index (χ1) is 17.3. The zero-order valence-corrected chi connectivity index (χ0v) is 20.7. The molecule has 1 aliphatic heterocycles. The molecule has 0 spiro atoms. The van der Waals surface area contributed by atoms with Crippen LogP contribution in [0.4, 0.5) is 5.69 Å². The Balaban J connectivity index is 1.50. The number of esters is 1. The van der Waals surface area contributed by atoms with Crippen LogP contribution in [0.25, 0.3) is 0 Å². The molecule has 0 saturated carbocycles. The summed E-state index contributed by atoms with van der Waals surface area (Å²) in [6.45, 7) is 3.84. The van der Waals surface area contributed by atoms with Crippen LogP contribution in [0.3, 0.4) is 0 Å². The molecular formula is C25H25ClN4O6. The molecule has 10 nitrogen and oxygen atoms in total. The summed E-state index contributed by atoms with van der Waals surface area (Å²) in [5.74, 6) is 0.338. The van der Waals surface area contributed by atoms with Gasteiger partial charge in [-0.1, -0.05) is 29.8 Å². The molecule has 0 unspecified atom stereocenters. The van der Waals surface area contributed by atoms with Gasteiger partial charge in [-0.15, -0.1) is 10.2 Å². The standard InChI is InChI=1S/C25H25ClN4O6/c1-16-27-28-23(36-16)9-10-29-14-18-5-3-4-6-22(18)30(15-24(29)32)25(33)20-8-7-19(13-21(20)26)35-12-11-34-17(2)31/h3-8,13H,9-12,14-15H2,1-2H3. The number of halogens is 1. The first-order valence-corrected chi connectivity index (χ1v) is 11.7. The summed E-state index contributed by atoms with van der Waals surface area (Å²) in [5, 5.41) is 7.99. The van der Waals surface area contributed by atoms with E-state index >= 15 is 0 Å². The second kappa shape index (κ2) is 11.2. The highest BCUT2D eigenvalue weighted by Crippen LogP contribution is 2.30. The summed E-state index contributed by atoms with van der Waals surface area (Å²) in [6, 6.07) is 12.1. The topological polar surface area (TPSA) is 115 Å². The van der Waals surface area contributed by atoms with E-state index in [0.717, 1.165) is 5.56 Å². The van der Waals surface area contributed by atoms with Gasteiger partial charge < -0.3 is 18.8 Å². The van der Waals surface area contributed by atoms with Crippen LogP contribution < -0.4 is 9.64 Å². The van der Waals surface area contributed by atoms with E-state index in [1.165, 1.54) is 17.9 Å². The Bertz CT molecular complexity index is 1280. The van der Waals surface area contributed by atoms with E-state index in [9.17, 15) is 14.4 Å². The first kappa shape index (κ1) is 25.2.